The molecule has 3 N–H and O–H groups in total. The molecule has 0 saturated carbocycles. The number of aromatic nitrogens is 1. The topological polar surface area (TPSA) is 98.2 Å². The van der Waals surface area contributed by atoms with E-state index in [9.17, 15) is 12.8 Å². The van der Waals surface area contributed by atoms with Crippen LogP contribution in [0.5, 0.6) is 0 Å². The number of primary sulfonamides is 1. The van der Waals surface area contributed by atoms with Crippen molar-refractivity contribution in [2.45, 2.75) is 24.8 Å². The predicted molar refractivity (Wildman–Crippen MR) is 71.1 cm³/mol. The summed E-state index contributed by atoms with van der Waals surface area (Å²) >= 11 is 0. The first-order valence-electron chi connectivity index (χ1n) is 5.78. The van der Waals surface area contributed by atoms with Crippen molar-refractivity contribution in [1.82, 2.24) is 4.98 Å². The Labute approximate surface area is 115 Å². The second-order valence-corrected chi connectivity index (χ2v) is 5.92. The van der Waals surface area contributed by atoms with Crippen LogP contribution in [0.4, 0.5) is 10.1 Å². The van der Waals surface area contributed by atoms with Crippen LogP contribution in [0.2, 0.25) is 0 Å². The Balaban J connectivity index is 2.22. The fraction of sp³-hybridized carbons (Fsp3) is 0.250. The molecule has 1 unspecified atom stereocenters. The largest absolute Gasteiger partial charge is 0.444 e. The number of aryl methyl sites for hydroxylation is 1. The number of nitrogens with two attached hydrogens (primary N) is 1. The van der Waals surface area contributed by atoms with Gasteiger partial charge in [0.1, 0.15) is 17.6 Å². The highest BCUT2D eigenvalue weighted by Gasteiger charge is 2.15. The fourth-order valence-electron chi connectivity index (χ4n) is 1.66. The van der Waals surface area contributed by atoms with Crippen LogP contribution in [0, 0.1) is 12.7 Å². The number of nitrogens with one attached hydrogen (secondary N) is 1. The molecule has 0 aliphatic carbocycles. The molecule has 1 heterocycles. The maximum absolute atomic E-state index is 13.8. The molecule has 1 atom stereocenters. The van der Waals surface area contributed by atoms with Crippen LogP contribution >= 0.6 is 0 Å². The van der Waals surface area contributed by atoms with E-state index in [1.54, 1.807) is 20.0 Å². The standard InChI is InChI=1S/C12H14FN3O3S/c1-7-6-15-12(19-7)8(2)16-11-4-3-9(5-10(11)13)20(14,17)18/h3-6,8,16H,1-2H3,(H2,14,17,18). The van der Waals surface area contributed by atoms with Crippen molar-refractivity contribution in [2.24, 2.45) is 5.14 Å². The second-order valence-electron chi connectivity index (χ2n) is 4.36. The van der Waals surface area contributed by atoms with Crippen LogP contribution in [-0.4, -0.2) is 13.4 Å². The number of benzene rings is 1. The number of anilines is 1. The first-order chi connectivity index (χ1) is 9.27. The van der Waals surface area contributed by atoms with E-state index in [0.29, 0.717) is 11.7 Å². The molecule has 2 rings (SSSR count). The molecule has 2 aromatic rings. The highest BCUT2D eigenvalue weighted by molar-refractivity contribution is 7.89. The van der Waals surface area contributed by atoms with Crippen molar-refractivity contribution in [3.05, 3.63) is 41.9 Å². The summed E-state index contributed by atoms with van der Waals surface area (Å²) in [7, 11) is -3.92. The van der Waals surface area contributed by atoms with Crippen LogP contribution in [0.1, 0.15) is 24.6 Å². The lowest BCUT2D eigenvalue weighted by atomic mass is 10.2. The molecule has 0 saturated heterocycles. The molecule has 108 valence electrons. The zero-order chi connectivity index (χ0) is 14.9. The molecular formula is C12H14FN3O3S. The number of halogens is 1. The first-order valence-corrected chi connectivity index (χ1v) is 7.33. The molecule has 0 aliphatic rings. The number of hydrogen-bond donors (Lipinski definition) is 2. The molecular weight excluding hydrogens is 285 g/mol. The number of sulfonamides is 1. The Kier molecular flexibility index (Phi) is 3.78. The van der Waals surface area contributed by atoms with Gasteiger partial charge in [-0.05, 0) is 32.0 Å². The lowest BCUT2D eigenvalue weighted by Crippen LogP contribution is -2.13. The van der Waals surface area contributed by atoms with E-state index >= 15 is 0 Å². The minimum absolute atomic E-state index is 0.140. The van der Waals surface area contributed by atoms with Crippen molar-refractivity contribution >= 4 is 15.7 Å². The summed E-state index contributed by atoms with van der Waals surface area (Å²) in [5, 5.41) is 7.78. The summed E-state index contributed by atoms with van der Waals surface area (Å²) in [5.74, 6) is 0.350. The van der Waals surface area contributed by atoms with E-state index in [1.165, 1.54) is 12.1 Å². The zero-order valence-corrected chi connectivity index (χ0v) is 11.7. The summed E-state index contributed by atoms with van der Waals surface area (Å²) in [6.45, 7) is 3.50. The first kappa shape index (κ1) is 14.5. The molecule has 1 aromatic carbocycles. The van der Waals surface area contributed by atoms with E-state index in [4.69, 9.17) is 9.56 Å². The smallest absolute Gasteiger partial charge is 0.238 e. The van der Waals surface area contributed by atoms with Crippen LogP contribution in [0.15, 0.2) is 33.7 Å². The molecule has 0 bridgehead atoms. The second kappa shape index (κ2) is 5.22. The van der Waals surface area contributed by atoms with Crippen LogP contribution in [0.3, 0.4) is 0 Å². The highest BCUT2D eigenvalue weighted by atomic mass is 32.2. The van der Waals surface area contributed by atoms with Gasteiger partial charge in [0, 0.05) is 0 Å². The molecule has 0 radical (unpaired) electrons. The van der Waals surface area contributed by atoms with Gasteiger partial charge in [-0.2, -0.15) is 0 Å². The maximum atomic E-state index is 13.8. The van der Waals surface area contributed by atoms with Crippen LogP contribution in [-0.2, 0) is 10.0 Å². The van der Waals surface area contributed by atoms with Gasteiger partial charge >= 0.3 is 0 Å². The van der Waals surface area contributed by atoms with Gasteiger partial charge in [0.05, 0.1) is 16.8 Å². The van der Waals surface area contributed by atoms with Crippen molar-refractivity contribution < 1.29 is 17.2 Å². The van der Waals surface area contributed by atoms with Crippen molar-refractivity contribution in [2.75, 3.05) is 5.32 Å². The maximum Gasteiger partial charge on any atom is 0.238 e. The number of oxazole rings is 1. The fourth-order valence-corrected chi connectivity index (χ4v) is 2.18. The van der Waals surface area contributed by atoms with Gasteiger partial charge in [0.15, 0.2) is 0 Å². The minimum atomic E-state index is -3.92. The van der Waals surface area contributed by atoms with Crippen LogP contribution in [0.25, 0.3) is 0 Å². The van der Waals surface area contributed by atoms with E-state index in [-0.39, 0.29) is 16.6 Å². The van der Waals surface area contributed by atoms with E-state index in [2.05, 4.69) is 10.3 Å². The summed E-state index contributed by atoms with van der Waals surface area (Å²) in [6, 6.07) is 3.04. The number of rotatable bonds is 4. The van der Waals surface area contributed by atoms with Gasteiger partial charge in [-0.25, -0.2) is 22.9 Å². The highest BCUT2D eigenvalue weighted by Crippen LogP contribution is 2.23. The van der Waals surface area contributed by atoms with Crippen molar-refractivity contribution in [3.8, 4) is 0 Å². The number of nitrogens with zero attached hydrogens (tertiary/aromatic N) is 1. The van der Waals surface area contributed by atoms with E-state index in [0.717, 1.165) is 6.07 Å². The van der Waals surface area contributed by atoms with Crippen molar-refractivity contribution in [1.29, 1.82) is 0 Å². The third-order valence-electron chi connectivity index (χ3n) is 2.65. The number of hydrogen-bond acceptors (Lipinski definition) is 5. The summed E-state index contributed by atoms with van der Waals surface area (Å²) in [6.07, 6.45) is 1.56. The molecule has 0 fully saturated rings. The lowest BCUT2D eigenvalue weighted by Gasteiger charge is -2.13. The summed E-state index contributed by atoms with van der Waals surface area (Å²) in [4.78, 5) is 3.75. The van der Waals surface area contributed by atoms with E-state index < -0.39 is 15.8 Å². The van der Waals surface area contributed by atoms with Gasteiger partial charge in [-0.15, -0.1) is 0 Å². The molecule has 6 nitrogen and oxygen atoms in total. The predicted octanol–water partition coefficient (Wildman–Crippen LogP) is 1.94. The third kappa shape index (κ3) is 3.14. The Morgan fingerprint density at radius 2 is 2.15 bits per heavy atom. The average molecular weight is 299 g/mol. The van der Waals surface area contributed by atoms with Crippen LogP contribution < -0.4 is 10.5 Å². The van der Waals surface area contributed by atoms with Gasteiger partial charge < -0.3 is 9.73 Å². The average Bonchev–Trinajstić information content (AvgIpc) is 2.77. The summed E-state index contributed by atoms with van der Waals surface area (Å²) < 4.78 is 41.4. The van der Waals surface area contributed by atoms with Gasteiger partial charge in [0.2, 0.25) is 15.9 Å². The molecule has 0 aliphatic heterocycles. The molecule has 1 aromatic heterocycles. The quantitative estimate of drug-likeness (QED) is 0.899. The lowest BCUT2D eigenvalue weighted by molar-refractivity contribution is 0.453. The molecule has 0 spiro atoms. The Morgan fingerprint density at radius 3 is 2.65 bits per heavy atom. The molecule has 20 heavy (non-hydrogen) atoms. The summed E-state index contributed by atoms with van der Waals surface area (Å²) in [5.41, 5.74) is 0.140. The Morgan fingerprint density at radius 1 is 1.45 bits per heavy atom. The van der Waals surface area contributed by atoms with Gasteiger partial charge in [-0.1, -0.05) is 0 Å². The monoisotopic (exact) mass is 299 g/mol. The molecule has 0 amide bonds. The third-order valence-corrected chi connectivity index (χ3v) is 3.56. The normalized spacial score (nSPS) is 13.2. The van der Waals surface area contributed by atoms with E-state index in [1.807, 2.05) is 0 Å². The van der Waals surface area contributed by atoms with Gasteiger partial charge in [0.25, 0.3) is 0 Å². The zero-order valence-electron chi connectivity index (χ0n) is 10.9. The SMILES string of the molecule is Cc1cnc(C(C)Nc2ccc(S(N)(=O)=O)cc2F)o1. The Bertz CT molecular complexity index is 727. The van der Waals surface area contributed by atoms with Crippen molar-refractivity contribution in [3.63, 3.8) is 0 Å². The minimum Gasteiger partial charge on any atom is -0.444 e. The Hall–Kier alpha value is -1.93. The molecule has 8 heteroatoms. The van der Waals surface area contributed by atoms with Gasteiger partial charge in [-0.3, -0.25) is 0 Å².